The van der Waals surface area contributed by atoms with Gasteiger partial charge in [-0.1, -0.05) is 32.0 Å². The number of carbonyl (C=O) groups excluding carboxylic acids is 2. The quantitative estimate of drug-likeness (QED) is 0.853. The minimum atomic E-state index is -0.352. The van der Waals surface area contributed by atoms with Crippen molar-refractivity contribution in [3.63, 3.8) is 0 Å². The van der Waals surface area contributed by atoms with E-state index in [1.807, 2.05) is 24.3 Å². The Kier molecular flexibility index (Phi) is 4.20. The van der Waals surface area contributed by atoms with E-state index < -0.39 is 0 Å². The number of nitrogens with one attached hydrogen (secondary N) is 2. The number of fused-ring (bicyclic) bond motifs is 1. The van der Waals surface area contributed by atoms with Gasteiger partial charge in [0.1, 0.15) is 0 Å². The van der Waals surface area contributed by atoms with Gasteiger partial charge in [-0.2, -0.15) is 0 Å². The van der Waals surface area contributed by atoms with E-state index in [1.165, 1.54) is 0 Å². The largest absolute Gasteiger partial charge is 0.356 e. The molecule has 2 rings (SSSR count). The molecule has 1 aromatic rings. The molecule has 0 aliphatic carbocycles. The summed E-state index contributed by atoms with van der Waals surface area (Å²) >= 11 is 0. The van der Waals surface area contributed by atoms with E-state index in [4.69, 9.17) is 0 Å². The Morgan fingerprint density at radius 2 is 2.11 bits per heavy atom. The third kappa shape index (κ3) is 3.34. The van der Waals surface area contributed by atoms with Crippen LogP contribution in [0.4, 0.5) is 5.69 Å². The standard InChI is InChI=1S/C15H20N2O2/c1-10(2)7-8-16-14(18)9-12-11-5-3-4-6-13(11)17-15(12)19/h3-6,10,12H,7-9H2,1-2H3,(H,16,18)(H,17,19). The fourth-order valence-corrected chi connectivity index (χ4v) is 2.24. The summed E-state index contributed by atoms with van der Waals surface area (Å²) in [5.74, 6) is 0.0729. The first-order valence-electron chi connectivity index (χ1n) is 6.74. The van der Waals surface area contributed by atoms with E-state index in [9.17, 15) is 9.59 Å². The summed E-state index contributed by atoms with van der Waals surface area (Å²) in [6, 6.07) is 7.54. The third-order valence-electron chi connectivity index (χ3n) is 3.34. The van der Waals surface area contributed by atoms with Gasteiger partial charge >= 0.3 is 0 Å². The van der Waals surface area contributed by atoms with Crippen LogP contribution in [0.1, 0.15) is 38.2 Å². The summed E-state index contributed by atoms with van der Waals surface area (Å²) < 4.78 is 0. The molecule has 2 amide bonds. The van der Waals surface area contributed by atoms with E-state index in [2.05, 4.69) is 24.5 Å². The molecule has 0 saturated carbocycles. The van der Waals surface area contributed by atoms with Crippen LogP contribution >= 0.6 is 0 Å². The maximum absolute atomic E-state index is 11.9. The zero-order chi connectivity index (χ0) is 13.8. The number of amides is 2. The minimum absolute atomic E-state index is 0.0579. The lowest BCUT2D eigenvalue weighted by molar-refractivity contribution is -0.125. The maximum Gasteiger partial charge on any atom is 0.232 e. The number of hydrogen-bond acceptors (Lipinski definition) is 2. The monoisotopic (exact) mass is 260 g/mol. The second-order valence-electron chi connectivity index (χ2n) is 5.37. The highest BCUT2D eigenvalue weighted by atomic mass is 16.2. The van der Waals surface area contributed by atoms with Crippen LogP contribution in [0.2, 0.25) is 0 Å². The Labute approximate surface area is 113 Å². The molecule has 1 aromatic carbocycles. The lowest BCUT2D eigenvalue weighted by Gasteiger charge is -2.10. The van der Waals surface area contributed by atoms with Crippen LogP contribution in [0.15, 0.2) is 24.3 Å². The highest BCUT2D eigenvalue weighted by molar-refractivity contribution is 6.04. The Bertz CT molecular complexity index is 483. The number of hydrogen-bond donors (Lipinski definition) is 2. The maximum atomic E-state index is 11.9. The van der Waals surface area contributed by atoms with Crippen molar-refractivity contribution >= 4 is 17.5 Å². The van der Waals surface area contributed by atoms with Crippen molar-refractivity contribution in [2.24, 2.45) is 5.92 Å². The van der Waals surface area contributed by atoms with Gasteiger partial charge in [-0.3, -0.25) is 9.59 Å². The van der Waals surface area contributed by atoms with Gasteiger partial charge in [-0.15, -0.1) is 0 Å². The zero-order valence-corrected chi connectivity index (χ0v) is 11.4. The summed E-state index contributed by atoms with van der Waals surface area (Å²) in [5.41, 5.74) is 1.75. The third-order valence-corrected chi connectivity index (χ3v) is 3.34. The summed E-state index contributed by atoms with van der Waals surface area (Å²) in [6.07, 6.45) is 1.18. The highest BCUT2D eigenvalue weighted by Gasteiger charge is 2.31. The molecular formula is C15H20N2O2. The van der Waals surface area contributed by atoms with Crippen LogP contribution in [0.5, 0.6) is 0 Å². The normalized spacial score (nSPS) is 17.2. The summed E-state index contributed by atoms with van der Waals surface area (Å²) in [5, 5.41) is 5.68. The SMILES string of the molecule is CC(C)CCNC(=O)CC1C(=O)Nc2ccccc21. The van der Waals surface area contributed by atoms with E-state index in [0.717, 1.165) is 17.7 Å². The molecule has 0 radical (unpaired) electrons. The van der Waals surface area contributed by atoms with E-state index in [1.54, 1.807) is 0 Å². The van der Waals surface area contributed by atoms with Gasteiger partial charge in [0.15, 0.2) is 0 Å². The molecule has 102 valence electrons. The molecule has 1 aliphatic heterocycles. The molecular weight excluding hydrogens is 240 g/mol. The molecule has 1 heterocycles. The first-order chi connectivity index (χ1) is 9.08. The number of benzene rings is 1. The van der Waals surface area contributed by atoms with Crippen molar-refractivity contribution in [2.45, 2.75) is 32.6 Å². The summed E-state index contributed by atoms with van der Waals surface area (Å²) in [7, 11) is 0. The van der Waals surface area contributed by atoms with Gasteiger partial charge in [-0.25, -0.2) is 0 Å². The molecule has 4 heteroatoms. The zero-order valence-electron chi connectivity index (χ0n) is 11.4. The van der Waals surface area contributed by atoms with Crippen molar-refractivity contribution in [1.82, 2.24) is 5.32 Å². The number of para-hydroxylation sites is 1. The van der Waals surface area contributed by atoms with Crippen LogP contribution in [0, 0.1) is 5.92 Å². The van der Waals surface area contributed by atoms with Crippen molar-refractivity contribution in [2.75, 3.05) is 11.9 Å². The molecule has 2 N–H and O–H groups in total. The first kappa shape index (κ1) is 13.6. The molecule has 0 aromatic heterocycles. The topological polar surface area (TPSA) is 58.2 Å². The van der Waals surface area contributed by atoms with Crippen LogP contribution in [0.25, 0.3) is 0 Å². The van der Waals surface area contributed by atoms with Crippen molar-refractivity contribution in [1.29, 1.82) is 0 Å². The first-order valence-corrected chi connectivity index (χ1v) is 6.74. The fourth-order valence-electron chi connectivity index (χ4n) is 2.24. The van der Waals surface area contributed by atoms with Crippen molar-refractivity contribution in [3.05, 3.63) is 29.8 Å². The molecule has 19 heavy (non-hydrogen) atoms. The van der Waals surface area contributed by atoms with E-state index in [-0.39, 0.29) is 24.2 Å². The van der Waals surface area contributed by atoms with Gasteiger partial charge in [0.2, 0.25) is 11.8 Å². The average molecular weight is 260 g/mol. The van der Waals surface area contributed by atoms with Gasteiger partial charge in [0, 0.05) is 18.7 Å². The number of anilines is 1. The van der Waals surface area contributed by atoms with Crippen LogP contribution < -0.4 is 10.6 Å². The van der Waals surface area contributed by atoms with E-state index in [0.29, 0.717) is 12.5 Å². The highest BCUT2D eigenvalue weighted by Crippen LogP contribution is 2.34. The number of rotatable bonds is 5. The molecule has 0 bridgehead atoms. The lowest BCUT2D eigenvalue weighted by Crippen LogP contribution is -2.28. The van der Waals surface area contributed by atoms with Gasteiger partial charge < -0.3 is 10.6 Å². The molecule has 0 saturated heterocycles. The lowest BCUT2D eigenvalue weighted by atomic mass is 9.97. The Morgan fingerprint density at radius 1 is 1.37 bits per heavy atom. The van der Waals surface area contributed by atoms with E-state index >= 15 is 0 Å². The summed E-state index contributed by atoms with van der Waals surface area (Å²) in [4.78, 5) is 23.7. The Morgan fingerprint density at radius 3 is 2.84 bits per heavy atom. The van der Waals surface area contributed by atoms with Crippen molar-refractivity contribution < 1.29 is 9.59 Å². The smallest absolute Gasteiger partial charge is 0.232 e. The Balaban J connectivity index is 1.92. The molecule has 1 aliphatic rings. The van der Waals surface area contributed by atoms with Crippen molar-refractivity contribution in [3.8, 4) is 0 Å². The fraction of sp³-hybridized carbons (Fsp3) is 0.467. The molecule has 0 spiro atoms. The average Bonchev–Trinajstić information content (AvgIpc) is 2.66. The minimum Gasteiger partial charge on any atom is -0.356 e. The van der Waals surface area contributed by atoms with Gasteiger partial charge in [0.25, 0.3) is 0 Å². The van der Waals surface area contributed by atoms with Crippen LogP contribution in [-0.2, 0) is 9.59 Å². The van der Waals surface area contributed by atoms with Crippen LogP contribution in [0.3, 0.4) is 0 Å². The number of carbonyl (C=O) groups is 2. The molecule has 1 atom stereocenters. The molecule has 1 unspecified atom stereocenters. The second-order valence-corrected chi connectivity index (χ2v) is 5.37. The molecule has 4 nitrogen and oxygen atoms in total. The molecule has 0 fully saturated rings. The predicted octanol–water partition coefficient (Wildman–Crippen LogP) is 2.27. The second kappa shape index (κ2) is 5.87. The summed E-state index contributed by atoms with van der Waals surface area (Å²) in [6.45, 7) is 4.91. The Hall–Kier alpha value is -1.84. The van der Waals surface area contributed by atoms with Gasteiger partial charge in [-0.05, 0) is 24.0 Å². The predicted molar refractivity (Wildman–Crippen MR) is 74.9 cm³/mol. The van der Waals surface area contributed by atoms with Gasteiger partial charge in [0.05, 0.1) is 5.92 Å². The van der Waals surface area contributed by atoms with Crippen LogP contribution in [-0.4, -0.2) is 18.4 Å².